The van der Waals surface area contributed by atoms with Crippen molar-refractivity contribution in [2.75, 3.05) is 0 Å². The van der Waals surface area contributed by atoms with Gasteiger partial charge in [-0.2, -0.15) is 0 Å². The second kappa shape index (κ2) is 16.7. The monoisotopic (exact) mass is 194 g/mol. The summed E-state index contributed by atoms with van der Waals surface area (Å²) in [7, 11) is 0. The fourth-order valence-electron chi connectivity index (χ4n) is 0.697. The van der Waals surface area contributed by atoms with E-state index in [4.69, 9.17) is 0 Å². The molecule has 1 atom stereocenters. The van der Waals surface area contributed by atoms with Crippen LogP contribution in [-0.4, -0.2) is 23.1 Å². The zero-order chi connectivity index (χ0) is 5.70. The Morgan fingerprint density at radius 3 is 1.60 bits per heavy atom. The molecular formula is C7H16Cl2Mg. The number of rotatable bonds is 3. The van der Waals surface area contributed by atoms with Gasteiger partial charge in [-0.1, -0.05) is 40.0 Å². The number of hydrogen-bond acceptors (Lipinski definition) is 0. The molecule has 0 spiro atoms. The van der Waals surface area contributed by atoms with E-state index in [1.54, 1.807) is 0 Å². The summed E-state index contributed by atoms with van der Waals surface area (Å²) >= 11 is 0. The molecule has 0 bridgehead atoms. The Labute approximate surface area is 93.5 Å². The van der Waals surface area contributed by atoms with Gasteiger partial charge in [0.25, 0.3) is 0 Å². The van der Waals surface area contributed by atoms with Crippen LogP contribution in [0.2, 0.25) is 0 Å². The fraction of sp³-hybridized carbons (Fsp3) is 1.00. The van der Waals surface area contributed by atoms with Gasteiger partial charge >= 0.3 is 23.1 Å². The van der Waals surface area contributed by atoms with Gasteiger partial charge in [-0.3, -0.25) is 0 Å². The minimum Gasteiger partial charge on any atom is -1.00 e. The summed E-state index contributed by atoms with van der Waals surface area (Å²) in [5.41, 5.74) is 0. The maximum Gasteiger partial charge on any atom is 2.00 e. The molecule has 1 unspecified atom stereocenters. The Morgan fingerprint density at radius 1 is 1.10 bits per heavy atom. The Kier molecular flexibility index (Phi) is 37.7. The SMILES string of the molecule is CCCC(C)CC.[Cl-].[Cl-].[Mg+2]. The van der Waals surface area contributed by atoms with Gasteiger partial charge in [0, 0.05) is 0 Å². The second-order valence-electron chi connectivity index (χ2n) is 2.30. The van der Waals surface area contributed by atoms with Crippen LogP contribution in [-0.2, 0) is 0 Å². The molecule has 0 amide bonds. The molecule has 3 heteroatoms. The van der Waals surface area contributed by atoms with E-state index in [0.717, 1.165) is 5.92 Å². The van der Waals surface area contributed by atoms with E-state index < -0.39 is 0 Å². The van der Waals surface area contributed by atoms with Gasteiger partial charge in [-0.05, 0) is 5.92 Å². The minimum atomic E-state index is 0. The molecule has 0 nitrogen and oxygen atoms in total. The molecule has 0 rings (SSSR count). The average molecular weight is 195 g/mol. The predicted octanol–water partition coefficient (Wildman–Crippen LogP) is -3.54. The molecule has 0 aromatic carbocycles. The molecule has 0 saturated carbocycles. The van der Waals surface area contributed by atoms with E-state index in [-0.39, 0.29) is 47.9 Å². The van der Waals surface area contributed by atoms with Crippen LogP contribution >= 0.6 is 0 Å². The molecule has 10 heavy (non-hydrogen) atoms. The van der Waals surface area contributed by atoms with Crippen LogP contribution in [0.3, 0.4) is 0 Å². The van der Waals surface area contributed by atoms with Gasteiger partial charge in [0.1, 0.15) is 0 Å². The van der Waals surface area contributed by atoms with Crippen molar-refractivity contribution >= 4 is 23.1 Å². The molecule has 0 N–H and O–H groups in total. The molecule has 0 aliphatic rings. The van der Waals surface area contributed by atoms with E-state index in [1.807, 2.05) is 0 Å². The Morgan fingerprint density at radius 2 is 1.50 bits per heavy atom. The largest absolute Gasteiger partial charge is 2.00 e. The molecule has 0 aromatic heterocycles. The van der Waals surface area contributed by atoms with E-state index in [1.165, 1.54) is 19.3 Å². The summed E-state index contributed by atoms with van der Waals surface area (Å²) in [6.45, 7) is 6.80. The fourth-order valence-corrected chi connectivity index (χ4v) is 0.697. The van der Waals surface area contributed by atoms with Gasteiger partial charge in [-0.25, -0.2) is 0 Å². The van der Waals surface area contributed by atoms with E-state index in [0.29, 0.717) is 0 Å². The van der Waals surface area contributed by atoms with Gasteiger partial charge in [0.2, 0.25) is 0 Å². The summed E-state index contributed by atoms with van der Waals surface area (Å²) in [4.78, 5) is 0. The summed E-state index contributed by atoms with van der Waals surface area (Å²) in [6.07, 6.45) is 4.08. The maximum atomic E-state index is 2.31. The second-order valence-corrected chi connectivity index (χ2v) is 2.30. The van der Waals surface area contributed by atoms with Crippen LogP contribution in [0.15, 0.2) is 0 Å². The maximum absolute atomic E-state index is 2.31. The summed E-state index contributed by atoms with van der Waals surface area (Å²) in [5, 5.41) is 0. The Balaban J connectivity index is -0.0000000600. The van der Waals surface area contributed by atoms with Crippen molar-refractivity contribution in [3.05, 3.63) is 0 Å². The van der Waals surface area contributed by atoms with Crippen molar-refractivity contribution < 1.29 is 24.8 Å². The van der Waals surface area contributed by atoms with Crippen LogP contribution in [0, 0.1) is 5.92 Å². The van der Waals surface area contributed by atoms with E-state index in [9.17, 15) is 0 Å². The first-order chi connectivity index (χ1) is 3.31. The van der Waals surface area contributed by atoms with Crippen LogP contribution in [0.5, 0.6) is 0 Å². The molecule has 0 aliphatic heterocycles. The standard InChI is InChI=1S/C7H16.2ClH.Mg/c1-4-6-7(3)5-2;;;/h7H,4-6H2,1-3H3;2*1H;/q;;;+2/p-2. The molecule has 0 radical (unpaired) electrons. The third-order valence-electron chi connectivity index (χ3n) is 1.48. The van der Waals surface area contributed by atoms with Crippen LogP contribution < -0.4 is 24.8 Å². The van der Waals surface area contributed by atoms with Gasteiger partial charge in [0.15, 0.2) is 0 Å². The number of halogens is 2. The molecular weight excluding hydrogens is 179 g/mol. The van der Waals surface area contributed by atoms with Gasteiger partial charge in [0.05, 0.1) is 0 Å². The normalized spacial score (nSPS) is 9.90. The third kappa shape index (κ3) is 16.2. The van der Waals surface area contributed by atoms with Gasteiger partial charge < -0.3 is 24.8 Å². The molecule has 0 fully saturated rings. The van der Waals surface area contributed by atoms with Crippen molar-refractivity contribution in [3.8, 4) is 0 Å². The van der Waals surface area contributed by atoms with Gasteiger partial charge in [-0.15, -0.1) is 0 Å². The first-order valence-corrected chi connectivity index (χ1v) is 3.31. The van der Waals surface area contributed by atoms with Crippen LogP contribution in [0.25, 0.3) is 0 Å². The summed E-state index contributed by atoms with van der Waals surface area (Å²) in [5.74, 6) is 0.949. The third-order valence-corrected chi connectivity index (χ3v) is 1.48. The number of hydrogen-bond donors (Lipinski definition) is 0. The van der Waals surface area contributed by atoms with Crippen molar-refractivity contribution in [2.24, 2.45) is 5.92 Å². The molecule has 0 aromatic rings. The van der Waals surface area contributed by atoms with E-state index >= 15 is 0 Å². The Bertz CT molecular complexity index is 42.6. The summed E-state index contributed by atoms with van der Waals surface area (Å²) in [6, 6.07) is 0. The molecule has 60 valence electrons. The minimum absolute atomic E-state index is 0. The van der Waals surface area contributed by atoms with Crippen LogP contribution in [0.4, 0.5) is 0 Å². The first-order valence-electron chi connectivity index (χ1n) is 3.31. The predicted molar refractivity (Wildman–Crippen MR) is 40.1 cm³/mol. The Hall–Kier alpha value is 1.35. The van der Waals surface area contributed by atoms with Crippen molar-refractivity contribution in [1.82, 2.24) is 0 Å². The topological polar surface area (TPSA) is 0 Å². The molecule has 0 heterocycles. The van der Waals surface area contributed by atoms with Crippen LogP contribution in [0.1, 0.15) is 40.0 Å². The van der Waals surface area contributed by atoms with Crippen molar-refractivity contribution in [2.45, 2.75) is 40.0 Å². The molecule has 0 aliphatic carbocycles. The van der Waals surface area contributed by atoms with E-state index in [2.05, 4.69) is 20.8 Å². The van der Waals surface area contributed by atoms with Crippen molar-refractivity contribution in [1.29, 1.82) is 0 Å². The zero-order valence-electron chi connectivity index (χ0n) is 7.16. The summed E-state index contributed by atoms with van der Waals surface area (Å²) < 4.78 is 0. The first kappa shape index (κ1) is 22.5. The molecule has 0 saturated heterocycles. The zero-order valence-corrected chi connectivity index (χ0v) is 10.1. The van der Waals surface area contributed by atoms with Crippen molar-refractivity contribution in [3.63, 3.8) is 0 Å². The quantitative estimate of drug-likeness (QED) is 0.409. The average Bonchev–Trinajstić information content (AvgIpc) is 1.68. The smallest absolute Gasteiger partial charge is 1.00 e.